The topological polar surface area (TPSA) is 0 Å². The number of hydrogen-bond donors (Lipinski definition) is 0. The van der Waals surface area contributed by atoms with E-state index in [9.17, 15) is 0 Å². The highest BCUT2D eigenvalue weighted by atomic mass is 32.1. The molecular formula is C14H8S2. The zero-order valence-corrected chi connectivity index (χ0v) is 10.1. The molecule has 0 fully saturated rings. The summed E-state index contributed by atoms with van der Waals surface area (Å²) >= 11 is 3.75. The van der Waals surface area contributed by atoms with E-state index in [0.717, 1.165) is 0 Å². The van der Waals surface area contributed by atoms with Gasteiger partial charge in [-0.15, -0.1) is 22.7 Å². The van der Waals surface area contributed by atoms with Gasteiger partial charge in [-0.25, -0.2) is 0 Å². The molecule has 2 heterocycles. The average Bonchev–Trinajstić information content (AvgIpc) is 2.85. The van der Waals surface area contributed by atoms with E-state index in [4.69, 9.17) is 0 Å². The van der Waals surface area contributed by atoms with Crippen LogP contribution in [0, 0.1) is 0 Å². The first-order chi connectivity index (χ1) is 7.93. The van der Waals surface area contributed by atoms with Gasteiger partial charge < -0.3 is 0 Å². The van der Waals surface area contributed by atoms with Gasteiger partial charge in [0.2, 0.25) is 0 Å². The second-order valence-corrected chi connectivity index (χ2v) is 5.85. The van der Waals surface area contributed by atoms with Crippen molar-refractivity contribution in [2.75, 3.05) is 0 Å². The van der Waals surface area contributed by atoms with Crippen molar-refractivity contribution >= 4 is 42.8 Å². The fourth-order valence-corrected chi connectivity index (χ4v) is 4.41. The molecule has 0 unspecified atom stereocenters. The Balaban J connectivity index is 2.32. The lowest BCUT2D eigenvalue weighted by Crippen LogP contribution is -1.64. The van der Waals surface area contributed by atoms with Crippen molar-refractivity contribution in [3.05, 3.63) is 47.8 Å². The van der Waals surface area contributed by atoms with Crippen molar-refractivity contribution in [1.82, 2.24) is 0 Å². The van der Waals surface area contributed by atoms with E-state index in [-0.39, 0.29) is 0 Å². The van der Waals surface area contributed by atoms with Crippen LogP contribution in [0.2, 0.25) is 0 Å². The van der Waals surface area contributed by atoms with Crippen molar-refractivity contribution in [2.45, 2.75) is 0 Å². The minimum Gasteiger partial charge on any atom is -0.142 e. The molecule has 0 radical (unpaired) electrons. The second-order valence-electron chi connectivity index (χ2n) is 3.88. The second kappa shape index (κ2) is 3.06. The molecule has 0 amide bonds. The summed E-state index contributed by atoms with van der Waals surface area (Å²) in [6.07, 6.45) is 0. The van der Waals surface area contributed by atoms with E-state index in [1.54, 1.807) is 0 Å². The van der Waals surface area contributed by atoms with E-state index < -0.39 is 0 Å². The van der Waals surface area contributed by atoms with Gasteiger partial charge in [-0.05, 0) is 23.1 Å². The number of rotatable bonds is 0. The minimum absolute atomic E-state index is 1.37. The molecule has 0 nitrogen and oxygen atoms in total. The molecule has 76 valence electrons. The molecule has 1 aromatic heterocycles. The Morgan fingerprint density at radius 3 is 2.81 bits per heavy atom. The molecule has 2 heteroatoms. The summed E-state index contributed by atoms with van der Waals surface area (Å²) in [5.41, 5.74) is 1.37. The summed E-state index contributed by atoms with van der Waals surface area (Å²) in [5, 5.41) is 4.97. The quantitative estimate of drug-likeness (QED) is 0.395. The molecule has 0 saturated heterocycles. The van der Waals surface area contributed by atoms with Gasteiger partial charge in [0.25, 0.3) is 0 Å². The molecule has 0 bridgehead atoms. The van der Waals surface area contributed by atoms with Crippen LogP contribution >= 0.6 is 22.7 Å². The number of thiophene rings is 1. The van der Waals surface area contributed by atoms with Gasteiger partial charge in [-0.2, -0.15) is 0 Å². The van der Waals surface area contributed by atoms with Crippen LogP contribution in [0.1, 0.15) is 0 Å². The number of benzene rings is 1. The maximum absolute atomic E-state index is 2.32. The van der Waals surface area contributed by atoms with E-state index in [2.05, 4.69) is 47.8 Å². The first-order valence-electron chi connectivity index (χ1n) is 5.21. The van der Waals surface area contributed by atoms with Gasteiger partial charge in [0, 0.05) is 15.5 Å². The molecular weight excluding hydrogens is 232 g/mol. The van der Waals surface area contributed by atoms with Crippen LogP contribution in [-0.4, -0.2) is 0 Å². The van der Waals surface area contributed by atoms with Gasteiger partial charge in [-0.3, -0.25) is 0 Å². The SMILES string of the molecule is c1csc2c3sc4ccccc4c3cc-2c1. The van der Waals surface area contributed by atoms with Crippen LogP contribution in [0.25, 0.3) is 30.6 Å². The largest absolute Gasteiger partial charge is 0.142 e. The van der Waals surface area contributed by atoms with Gasteiger partial charge in [0.1, 0.15) is 0 Å². The van der Waals surface area contributed by atoms with Crippen molar-refractivity contribution in [3.63, 3.8) is 0 Å². The number of fused-ring (bicyclic) bond motifs is 5. The Kier molecular flexibility index (Phi) is 1.67. The summed E-state index contributed by atoms with van der Waals surface area (Å²) in [6, 6.07) is 15.3. The highest BCUT2D eigenvalue weighted by molar-refractivity contribution is 7.29. The minimum atomic E-state index is 1.37. The van der Waals surface area contributed by atoms with Crippen LogP contribution in [0.5, 0.6) is 0 Å². The molecule has 4 rings (SSSR count). The fourth-order valence-electron chi connectivity index (χ4n) is 2.23. The zero-order chi connectivity index (χ0) is 10.5. The smallest absolute Gasteiger partial charge is 0.0533 e. The van der Waals surface area contributed by atoms with E-state index >= 15 is 0 Å². The summed E-state index contributed by atoms with van der Waals surface area (Å²) in [7, 11) is 0. The molecule has 1 aromatic carbocycles. The summed E-state index contributed by atoms with van der Waals surface area (Å²) in [6.45, 7) is 0. The standard InChI is InChI=1S/C14H8S2/c1-2-6-12-10(5-1)11-8-9-4-3-7-15-13(9)14(11)16-12/h1-8H. The van der Waals surface area contributed by atoms with Crippen LogP contribution in [0.15, 0.2) is 47.8 Å². The Morgan fingerprint density at radius 1 is 0.875 bits per heavy atom. The number of hydrogen-bond acceptors (Lipinski definition) is 2. The van der Waals surface area contributed by atoms with E-state index in [1.807, 2.05) is 22.7 Å². The van der Waals surface area contributed by atoms with Gasteiger partial charge in [0.05, 0.1) is 9.58 Å². The Bertz CT molecular complexity index is 760. The van der Waals surface area contributed by atoms with E-state index in [1.165, 1.54) is 30.6 Å². The predicted octanol–water partition coefficient (Wildman–Crippen LogP) is 5.22. The third kappa shape index (κ3) is 1.03. The Morgan fingerprint density at radius 2 is 1.81 bits per heavy atom. The van der Waals surface area contributed by atoms with Crippen LogP contribution < -0.4 is 0 Å². The van der Waals surface area contributed by atoms with Crippen LogP contribution in [-0.2, 0) is 0 Å². The zero-order valence-electron chi connectivity index (χ0n) is 8.44. The van der Waals surface area contributed by atoms with Crippen LogP contribution in [0.3, 0.4) is 0 Å². The molecule has 0 spiro atoms. The molecule has 0 N–H and O–H groups in total. The maximum atomic E-state index is 2.32. The average molecular weight is 240 g/mol. The van der Waals surface area contributed by atoms with Crippen molar-refractivity contribution in [1.29, 1.82) is 0 Å². The molecule has 0 atom stereocenters. The summed E-state index contributed by atoms with van der Waals surface area (Å²) < 4.78 is 2.84. The molecule has 2 aromatic rings. The Hall–Kier alpha value is -1.38. The maximum Gasteiger partial charge on any atom is 0.0533 e. The third-order valence-electron chi connectivity index (χ3n) is 2.94. The molecule has 2 aliphatic rings. The molecule has 1 aliphatic carbocycles. The van der Waals surface area contributed by atoms with Crippen molar-refractivity contribution in [2.24, 2.45) is 0 Å². The lowest BCUT2D eigenvalue weighted by Gasteiger charge is -1.94. The monoisotopic (exact) mass is 240 g/mol. The molecule has 16 heavy (non-hydrogen) atoms. The molecule has 0 saturated carbocycles. The summed E-state index contributed by atoms with van der Waals surface area (Å²) in [5.74, 6) is 0. The lowest BCUT2D eigenvalue weighted by molar-refractivity contribution is 1.85. The summed E-state index contributed by atoms with van der Waals surface area (Å²) in [4.78, 5) is 1.43. The molecule has 1 aliphatic heterocycles. The lowest BCUT2D eigenvalue weighted by atomic mass is 10.2. The predicted molar refractivity (Wildman–Crippen MR) is 73.8 cm³/mol. The van der Waals surface area contributed by atoms with Crippen molar-refractivity contribution < 1.29 is 0 Å². The highest BCUT2D eigenvalue weighted by Crippen LogP contribution is 2.45. The van der Waals surface area contributed by atoms with Crippen LogP contribution in [0.4, 0.5) is 0 Å². The first kappa shape index (κ1) is 8.74. The third-order valence-corrected chi connectivity index (χ3v) is 5.24. The Labute approximate surface area is 101 Å². The van der Waals surface area contributed by atoms with E-state index in [0.29, 0.717) is 0 Å². The highest BCUT2D eigenvalue weighted by Gasteiger charge is 2.14. The van der Waals surface area contributed by atoms with Gasteiger partial charge in [0.15, 0.2) is 0 Å². The first-order valence-corrected chi connectivity index (χ1v) is 6.90. The fraction of sp³-hybridized carbons (Fsp3) is 0. The normalized spacial score (nSPS) is 11.8. The van der Waals surface area contributed by atoms with Crippen molar-refractivity contribution in [3.8, 4) is 10.4 Å². The van der Waals surface area contributed by atoms with Gasteiger partial charge >= 0.3 is 0 Å². The van der Waals surface area contributed by atoms with Gasteiger partial charge in [-0.1, -0.05) is 30.3 Å².